The van der Waals surface area contributed by atoms with Gasteiger partial charge in [0, 0.05) is 11.4 Å². The van der Waals surface area contributed by atoms with Gasteiger partial charge >= 0.3 is 0 Å². The molecule has 2 aromatic carbocycles. The number of carbonyl (C=O) groups excluding carboxylic acids is 2. The van der Waals surface area contributed by atoms with Gasteiger partial charge in [-0.2, -0.15) is 0 Å². The highest BCUT2D eigenvalue weighted by molar-refractivity contribution is 8.04. The maximum atomic E-state index is 13.1. The predicted octanol–water partition coefficient (Wildman–Crippen LogP) is 4.38. The monoisotopic (exact) mass is 397 g/mol. The summed E-state index contributed by atoms with van der Waals surface area (Å²) in [4.78, 5) is 28.9. The lowest BCUT2D eigenvalue weighted by Gasteiger charge is -2.14. The largest absolute Gasteiger partial charge is 0.493 e. The molecule has 6 heteroatoms. The van der Waals surface area contributed by atoms with Gasteiger partial charge in [0.25, 0.3) is 11.8 Å². The molecule has 28 heavy (non-hydrogen) atoms. The van der Waals surface area contributed by atoms with Crippen molar-refractivity contribution in [2.75, 3.05) is 20.8 Å². The van der Waals surface area contributed by atoms with E-state index in [1.54, 1.807) is 32.4 Å². The van der Waals surface area contributed by atoms with E-state index in [1.807, 2.05) is 37.3 Å². The van der Waals surface area contributed by atoms with E-state index in [1.165, 1.54) is 16.7 Å². The molecular weight excluding hydrogens is 374 g/mol. The first-order chi connectivity index (χ1) is 13.6. The fourth-order valence-corrected chi connectivity index (χ4v) is 4.05. The fourth-order valence-electron chi connectivity index (χ4n) is 3.02. The highest BCUT2D eigenvalue weighted by Gasteiger charge is 2.39. The summed E-state index contributed by atoms with van der Waals surface area (Å²) in [7, 11) is 3.11. The van der Waals surface area contributed by atoms with Gasteiger partial charge in [0.05, 0.1) is 24.7 Å². The Labute approximate surface area is 169 Å². The zero-order valence-corrected chi connectivity index (χ0v) is 17.0. The van der Waals surface area contributed by atoms with Crippen molar-refractivity contribution in [2.24, 2.45) is 0 Å². The number of benzene rings is 2. The number of hydrogen-bond donors (Lipinski definition) is 0. The van der Waals surface area contributed by atoms with Crippen LogP contribution in [0.3, 0.4) is 0 Å². The summed E-state index contributed by atoms with van der Waals surface area (Å²) in [5.74, 6) is 0.591. The molecule has 0 aliphatic carbocycles. The number of rotatable bonds is 8. The minimum atomic E-state index is -0.260. The number of nitrogens with zero attached hydrogens (tertiary/aromatic N) is 1. The van der Waals surface area contributed by atoms with E-state index in [9.17, 15) is 9.59 Å². The van der Waals surface area contributed by atoms with E-state index in [2.05, 4.69) is 0 Å². The second-order valence-electron chi connectivity index (χ2n) is 6.30. The van der Waals surface area contributed by atoms with Gasteiger partial charge in [-0.1, -0.05) is 49.4 Å². The van der Waals surface area contributed by atoms with Crippen LogP contribution in [0.15, 0.2) is 58.3 Å². The number of hydrogen-bond acceptors (Lipinski definition) is 5. The third-order valence-corrected chi connectivity index (χ3v) is 5.59. The molecule has 0 unspecified atom stereocenters. The van der Waals surface area contributed by atoms with Gasteiger partial charge in [0.15, 0.2) is 11.5 Å². The van der Waals surface area contributed by atoms with Crippen molar-refractivity contribution in [3.05, 3.63) is 59.0 Å². The van der Waals surface area contributed by atoms with E-state index < -0.39 is 0 Å². The van der Waals surface area contributed by atoms with Crippen molar-refractivity contribution in [3.8, 4) is 11.5 Å². The summed E-state index contributed by atoms with van der Waals surface area (Å²) in [6.45, 7) is 2.46. The lowest BCUT2D eigenvalue weighted by atomic mass is 10.1. The summed E-state index contributed by atoms with van der Waals surface area (Å²) in [6.07, 6.45) is 1.68. The van der Waals surface area contributed by atoms with Crippen molar-refractivity contribution >= 4 is 29.1 Å². The highest BCUT2D eigenvalue weighted by Crippen LogP contribution is 2.41. The summed E-state index contributed by atoms with van der Waals surface area (Å²) >= 11 is 1.32. The Bertz CT molecular complexity index is 908. The average molecular weight is 397 g/mol. The van der Waals surface area contributed by atoms with Crippen LogP contribution in [0.4, 0.5) is 0 Å². The summed E-state index contributed by atoms with van der Waals surface area (Å²) in [5.41, 5.74) is 1.06. The molecule has 2 amide bonds. The topological polar surface area (TPSA) is 55.8 Å². The number of unbranched alkanes of at least 4 members (excludes halogenated alkanes) is 1. The lowest BCUT2D eigenvalue weighted by Crippen LogP contribution is -2.32. The number of thioether (sulfide) groups is 1. The third-order valence-electron chi connectivity index (χ3n) is 4.50. The molecule has 0 atom stereocenters. The van der Waals surface area contributed by atoms with Crippen LogP contribution in [0.1, 0.15) is 25.3 Å². The Morgan fingerprint density at radius 3 is 2.29 bits per heavy atom. The molecule has 0 radical (unpaired) electrons. The van der Waals surface area contributed by atoms with E-state index in [0.717, 1.165) is 17.7 Å². The van der Waals surface area contributed by atoms with Crippen LogP contribution in [-0.2, 0) is 9.59 Å². The number of imide groups is 1. The first kappa shape index (κ1) is 20.0. The standard InChI is InChI=1S/C22H23NO4S/c1-4-5-13-23-21(24)19(15-11-12-17(26-2)18(14-15)27-3)20(22(23)25)28-16-9-7-6-8-10-16/h6-12,14H,4-5,13H2,1-3H3. The molecule has 0 fully saturated rings. The zero-order valence-electron chi connectivity index (χ0n) is 16.2. The SMILES string of the molecule is CCCCN1C(=O)C(Sc2ccccc2)=C(c2ccc(OC)c(OC)c2)C1=O. The van der Waals surface area contributed by atoms with Crippen molar-refractivity contribution < 1.29 is 19.1 Å². The number of amides is 2. The molecule has 5 nitrogen and oxygen atoms in total. The van der Waals surface area contributed by atoms with Gasteiger partial charge < -0.3 is 9.47 Å². The third kappa shape index (κ3) is 3.92. The fraction of sp³-hybridized carbons (Fsp3) is 0.273. The van der Waals surface area contributed by atoms with Crippen LogP contribution in [0.2, 0.25) is 0 Å². The lowest BCUT2D eigenvalue weighted by molar-refractivity contribution is -0.136. The van der Waals surface area contributed by atoms with Crippen molar-refractivity contribution in [2.45, 2.75) is 24.7 Å². The van der Waals surface area contributed by atoms with Crippen LogP contribution in [0.25, 0.3) is 5.57 Å². The minimum absolute atomic E-state index is 0.239. The predicted molar refractivity (Wildman–Crippen MR) is 110 cm³/mol. The number of methoxy groups -OCH3 is 2. The number of carbonyl (C=O) groups is 2. The van der Waals surface area contributed by atoms with Crippen LogP contribution in [0, 0.1) is 0 Å². The smallest absolute Gasteiger partial charge is 0.268 e. The Morgan fingerprint density at radius 1 is 0.929 bits per heavy atom. The molecule has 1 heterocycles. The van der Waals surface area contributed by atoms with Crippen LogP contribution >= 0.6 is 11.8 Å². The van der Waals surface area contributed by atoms with Crippen LogP contribution < -0.4 is 9.47 Å². The van der Waals surface area contributed by atoms with Crippen molar-refractivity contribution in [1.82, 2.24) is 4.90 Å². The molecule has 0 saturated carbocycles. The van der Waals surface area contributed by atoms with Gasteiger partial charge in [-0.15, -0.1) is 0 Å². The average Bonchev–Trinajstić information content (AvgIpc) is 2.96. The van der Waals surface area contributed by atoms with Gasteiger partial charge in [0.2, 0.25) is 0 Å². The van der Waals surface area contributed by atoms with Gasteiger partial charge in [-0.25, -0.2) is 0 Å². The molecule has 0 bridgehead atoms. The Hall–Kier alpha value is -2.73. The van der Waals surface area contributed by atoms with Crippen molar-refractivity contribution in [3.63, 3.8) is 0 Å². The highest BCUT2D eigenvalue weighted by atomic mass is 32.2. The molecule has 1 aliphatic rings. The molecule has 0 spiro atoms. The Kier molecular flexibility index (Phi) is 6.41. The Morgan fingerprint density at radius 2 is 1.64 bits per heavy atom. The van der Waals surface area contributed by atoms with E-state index in [0.29, 0.717) is 34.1 Å². The second kappa shape index (κ2) is 8.97. The maximum Gasteiger partial charge on any atom is 0.268 e. The molecule has 1 aliphatic heterocycles. The Balaban J connectivity index is 2.07. The first-order valence-corrected chi connectivity index (χ1v) is 9.98. The van der Waals surface area contributed by atoms with Gasteiger partial charge in [-0.05, 0) is 36.2 Å². The summed E-state index contributed by atoms with van der Waals surface area (Å²) in [5, 5.41) is 0. The van der Waals surface area contributed by atoms with Crippen LogP contribution in [-0.4, -0.2) is 37.5 Å². The summed E-state index contributed by atoms with van der Waals surface area (Å²) in [6, 6.07) is 14.9. The van der Waals surface area contributed by atoms with Gasteiger partial charge in [-0.3, -0.25) is 14.5 Å². The normalized spacial score (nSPS) is 14.0. The number of ether oxygens (including phenoxy) is 2. The molecule has 2 aromatic rings. The molecular formula is C22H23NO4S. The van der Waals surface area contributed by atoms with E-state index in [-0.39, 0.29) is 11.8 Å². The van der Waals surface area contributed by atoms with E-state index >= 15 is 0 Å². The molecule has 0 aromatic heterocycles. The summed E-state index contributed by atoms with van der Waals surface area (Å²) < 4.78 is 10.7. The van der Waals surface area contributed by atoms with Crippen LogP contribution in [0.5, 0.6) is 11.5 Å². The minimum Gasteiger partial charge on any atom is -0.493 e. The van der Waals surface area contributed by atoms with Gasteiger partial charge in [0.1, 0.15) is 0 Å². The first-order valence-electron chi connectivity index (χ1n) is 9.16. The maximum absolute atomic E-state index is 13.1. The van der Waals surface area contributed by atoms with Crippen molar-refractivity contribution in [1.29, 1.82) is 0 Å². The molecule has 0 saturated heterocycles. The molecule has 3 rings (SSSR count). The quantitative estimate of drug-likeness (QED) is 0.619. The molecule has 146 valence electrons. The second-order valence-corrected chi connectivity index (χ2v) is 7.39. The zero-order chi connectivity index (χ0) is 20.1. The molecule has 0 N–H and O–H groups in total. The van der Waals surface area contributed by atoms with E-state index in [4.69, 9.17) is 9.47 Å².